The highest BCUT2D eigenvalue weighted by Crippen LogP contribution is 2.24. The molecule has 2 aromatic rings. The van der Waals surface area contributed by atoms with Crippen LogP contribution in [0.1, 0.15) is 30.9 Å². The van der Waals surface area contributed by atoms with Gasteiger partial charge in [0.2, 0.25) is 0 Å². The van der Waals surface area contributed by atoms with Gasteiger partial charge in [-0.05, 0) is 37.0 Å². The van der Waals surface area contributed by atoms with Crippen LogP contribution in [0.3, 0.4) is 0 Å². The van der Waals surface area contributed by atoms with E-state index in [1.807, 2.05) is 0 Å². The van der Waals surface area contributed by atoms with Crippen molar-refractivity contribution < 1.29 is 0 Å². The number of nitrogens with zero attached hydrogens (tertiary/aromatic N) is 1. The zero-order valence-corrected chi connectivity index (χ0v) is 12.8. The van der Waals surface area contributed by atoms with E-state index in [0.717, 1.165) is 25.7 Å². The number of anilines is 1. The number of hydrogen-bond acceptors (Lipinski definition) is 2. The van der Waals surface area contributed by atoms with Gasteiger partial charge in [-0.3, -0.25) is 0 Å². The molecule has 1 aliphatic carbocycles. The van der Waals surface area contributed by atoms with Gasteiger partial charge in [-0.15, -0.1) is 0 Å². The van der Waals surface area contributed by atoms with E-state index < -0.39 is 0 Å². The van der Waals surface area contributed by atoms with Crippen molar-refractivity contribution in [3.63, 3.8) is 0 Å². The van der Waals surface area contributed by atoms with Gasteiger partial charge in [0.15, 0.2) is 0 Å². The van der Waals surface area contributed by atoms with Crippen LogP contribution in [-0.2, 0) is 13.1 Å². The molecule has 3 rings (SSSR count). The summed E-state index contributed by atoms with van der Waals surface area (Å²) in [6.45, 7) is 5.20. The molecular weight excluding hydrogens is 256 g/mol. The molecule has 2 aromatic carbocycles. The first-order valence-electron chi connectivity index (χ1n) is 7.97. The fraction of sp³-hybridized carbons (Fsp3) is 0.368. The highest BCUT2D eigenvalue weighted by atomic mass is 15.1. The third-order valence-electron chi connectivity index (χ3n) is 4.09. The molecule has 0 aliphatic heterocycles. The van der Waals surface area contributed by atoms with Crippen molar-refractivity contribution in [3.05, 3.63) is 65.7 Å². The molecule has 2 heteroatoms. The first-order chi connectivity index (χ1) is 10.4. The number of nitrogens with one attached hydrogen (secondary N) is 1. The Morgan fingerprint density at radius 3 is 2.43 bits per heavy atom. The maximum absolute atomic E-state index is 3.63. The zero-order chi connectivity index (χ0) is 14.5. The number of hydrogen-bond donors (Lipinski definition) is 1. The van der Waals surface area contributed by atoms with E-state index in [0.29, 0.717) is 0 Å². The van der Waals surface area contributed by atoms with Crippen LogP contribution in [0.5, 0.6) is 0 Å². The van der Waals surface area contributed by atoms with Gasteiger partial charge >= 0.3 is 0 Å². The number of rotatable bonds is 7. The van der Waals surface area contributed by atoms with E-state index in [1.165, 1.54) is 29.7 Å². The van der Waals surface area contributed by atoms with Crippen molar-refractivity contribution >= 4 is 5.69 Å². The molecular formula is C19H24N2. The third-order valence-corrected chi connectivity index (χ3v) is 4.09. The molecule has 0 aromatic heterocycles. The van der Waals surface area contributed by atoms with Crippen LogP contribution in [0.25, 0.3) is 0 Å². The Balaban J connectivity index is 1.75. The topological polar surface area (TPSA) is 15.3 Å². The summed E-state index contributed by atoms with van der Waals surface area (Å²) in [5.41, 5.74) is 4.13. The molecule has 0 spiro atoms. The lowest BCUT2D eigenvalue weighted by Gasteiger charge is -2.26. The maximum atomic E-state index is 3.63. The van der Waals surface area contributed by atoms with E-state index in [-0.39, 0.29) is 0 Å². The van der Waals surface area contributed by atoms with E-state index in [4.69, 9.17) is 0 Å². The molecule has 21 heavy (non-hydrogen) atoms. The molecule has 0 radical (unpaired) electrons. The molecule has 0 atom stereocenters. The van der Waals surface area contributed by atoms with Crippen LogP contribution >= 0.6 is 0 Å². The van der Waals surface area contributed by atoms with E-state index in [1.54, 1.807) is 0 Å². The second-order valence-electron chi connectivity index (χ2n) is 5.78. The van der Waals surface area contributed by atoms with Gasteiger partial charge in [0.05, 0.1) is 0 Å². The minimum Gasteiger partial charge on any atom is -0.367 e. The lowest BCUT2D eigenvalue weighted by atomic mass is 10.1. The Hall–Kier alpha value is -1.80. The predicted octanol–water partition coefficient (Wildman–Crippen LogP) is 3.97. The Kier molecular flexibility index (Phi) is 4.56. The van der Waals surface area contributed by atoms with E-state index in [9.17, 15) is 0 Å². The maximum Gasteiger partial charge on any atom is 0.0429 e. The molecule has 1 fully saturated rings. The summed E-state index contributed by atoms with van der Waals surface area (Å²) in [4.78, 5) is 2.46. The van der Waals surface area contributed by atoms with Crippen molar-refractivity contribution in [2.45, 2.75) is 38.9 Å². The Labute approximate surface area is 127 Å². The molecule has 0 bridgehead atoms. The molecule has 0 unspecified atom stereocenters. The second-order valence-corrected chi connectivity index (χ2v) is 5.78. The molecule has 1 N–H and O–H groups in total. The van der Waals surface area contributed by atoms with Gasteiger partial charge in [-0.1, -0.05) is 48.5 Å². The van der Waals surface area contributed by atoms with Crippen LogP contribution in [0.4, 0.5) is 5.69 Å². The van der Waals surface area contributed by atoms with Gasteiger partial charge in [0.1, 0.15) is 0 Å². The van der Waals surface area contributed by atoms with E-state index >= 15 is 0 Å². The molecule has 110 valence electrons. The molecule has 2 nitrogen and oxygen atoms in total. The fourth-order valence-corrected chi connectivity index (χ4v) is 2.68. The summed E-state index contributed by atoms with van der Waals surface area (Å²) in [5.74, 6) is 0. The molecule has 1 aliphatic rings. The monoisotopic (exact) mass is 280 g/mol. The summed E-state index contributed by atoms with van der Waals surface area (Å²) in [5, 5.41) is 3.63. The van der Waals surface area contributed by atoms with Gasteiger partial charge in [0, 0.05) is 31.4 Å². The molecule has 0 amide bonds. The summed E-state index contributed by atoms with van der Waals surface area (Å²) in [6, 6.07) is 20.2. The van der Waals surface area contributed by atoms with Crippen molar-refractivity contribution in [3.8, 4) is 0 Å². The first-order valence-corrected chi connectivity index (χ1v) is 7.97. The standard InChI is InChI=1S/C19H24N2/c1-2-21(15-16-8-4-3-5-9-16)19-11-7-6-10-17(19)14-20-18-12-13-18/h3-11,18,20H,2,12-15H2,1H3. The van der Waals surface area contributed by atoms with Gasteiger partial charge in [-0.2, -0.15) is 0 Å². The Morgan fingerprint density at radius 2 is 1.71 bits per heavy atom. The minimum atomic E-state index is 0.752. The SMILES string of the molecule is CCN(Cc1ccccc1)c1ccccc1CNC1CC1. The molecule has 1 saturated carbocycles. The predicted molar refractivity (Wildman–Crippen MR) is 89.5 cm³/mol. The van der Waals surface area contributed by atoms with Crippen molar-refractivity contribution in [2.75, 3.05) is 11.4 Å². The summed E-state index contributed by atoms with van der Waals surface area (Å²) in [7, 11) is 0. The minimum absolute atomic E-state index is 0.752. The number of benzene rings is 2. The average molecular weight is 280 g/mol. The Bertz CT molecular complexity index is 561. The Morgan fingerprint density at radius 1 is 1.00 bits per heavy atom. The lowest BCUT2D eigenvalue weighted by molar-refractivity contribution is 0.683. The van der Waals surface area contributed by atoms with Crippen LogP contribution in [0.15, 0.2) is 54.6 Å². The van der Waals surface area contributed by atoms with Crippen LogP contribution < -0.4 is 10.2 Å². The summed E-state index contributed by atoms with van der Waals surface area (Å²) in [6.07, 6.45) is 2.67. The highest BCUT2D eigenvalue weighted by Gasteiger charge is 2.20. The van der Waals surface area contributed by atoms with Gasteiger partial charge < -0.3 is 10.2 Å². The zero-order valence-electron chi connectivity index (χ0n) is 12.8. The first kappa shape index (κ1) is 14.2. The normalized spacial score (nSPS) is 14.1. The quantitative estimate of drug-likeness (QED) is 0.825. The van der Waals surface area contributed by atoms with Crippen LogP contribution in [0, 0.1) is 0 Å². The highest BCUT2D eigenvalue weighted by molar-refractivity contribution is 5.54. The van der Waals surface area contributed by atoms with E-state index in [2.05, 4.69) is 71.7 Å². The summed E-state index contributed by atoms with van der Waals surface area (Å²) < 4.78 is 0. The lowest BCUT2D eigenvalue weighted by Crippen LogP contribution is -2.25. The number of para-hydroxylation sites is 1. The summed E-state index contributed by atoms with van der Waals surface area (Å²) >= 11 is 0. The smallest absolute Gasteiger partial charge is 0.0429 e. The van der Waals surface area contributed by atoms with Crippen molar-refractivity contribution in [2.24, 2.45) is 0 Å². The molecule has 0 heterocycles. The third kappa shape index (κ3) is 3.85. The largest absolute Gasteiger partial charge is 0.367 e. The fourth-order valence-electron chi connectivity index (χ4n) is 2.68. The van der Waals surface area contributed by atoms with Crippen molar-refractivity contribution in [1.82, 2.24) is 5.32 Å². The second kappa shape index (κ2) is 6.77. The van der Waals surface area contributed by atoms with Gasteiger partial charge in [0.25, 0.3) is 0 Å². The van der Waals surface area contributed by atoms with Crippen LogP contribution in [0.2, 0.25) is 0 Å². The molecule has 0 saturated heterocycles. The van der Waals surface area contributed by atoms with Gasteiger partial charge in [-0.25, -0.2) is 0 Å². The average Bonchev–Trinajstić information content (AvgIpc) is 3.36. The van der Waals surface area contributed by atoms with Crippen molar-refractivity contribution in [1.29, 1.82) is 0 Å². The van der Waals surface area contributed by atoms with Crippen LogP contribution in [-0.4, -0.2) is 12.6 Å².